The molecule has 6 atom stereocenters. The second-order valence-corrected chi connectivity index (χ2v) is 6.51. The number of hydrogen-bond donors (Lipinski definition) is 0. The highest BCUT2D eigenvalue weighted by Crippen LogP contribution is 2.45. The van der Waals surface area contributed by atoms with Gasteiger partial charge in [-0.1, -0.05) is 30.3 Å². The van der Waals surface area contributed by atoms with Gasteiger partial charge in [0.15, 0.2) is 18.5 Å². The third-order valence-corrected chi connectivity index (χ3v) is 4.83. The lowest BCUT2D eigenvalue weighted by molar-refractivity contribution is -0.384. The normalized spacial score (nSPS) is 38.8. The van der Waals surface area contributed by atoms with Gasteiger partial charge in [-0.05, 0) is 0 Å². The van der Waals surface area contributed by atoms with Gasteiger partial charge in [-0.25, -0.2) is 0 Å². The molecule has 3 fully saturated rings. The van der Waals surface area contributed by atoms with Crippen molar-refractivity contribution in [3.05, 3.63) is 35.9 Å². The number of ether oxygens (including phenoxy) is 6. The summed E-state index contributed by atoms with van der Waals surface area (Å²) in [5.74, 6) is -2.30. The number of fused-ring (bicyclic) bond motifs is 2. The maximum atomic E-state index is 11.9. The predicted molar refractivity (Wildman–Crippen MR) is 84.7 cm³/mol. The van der Waals surface area contributed by atoms with Crippen molar-refractivity contribution in [1.82, 2.24) is 0 Å². The zero-order valence-electron chi connectivity index (χ0n) is 14.5. The van der Waals surface area contributed by atoms with Crippen LogP contribution < -0.4 is 0 Å². The van der Waals surface area contributed by atoms with E-state index in [9.17, 15) is 9.59 Å². The summed E-state index contributed by atoms with van der Waals surface area (Å²) in [6.07, 6.45) is -3.70. The molecule has 0 unspecified atom stereocenters. The van der Waals surface area contributed by atoms with Crippen LogP contribution in [0.5, 0.6) is 0 Å². The lowest BCUT2D eigenvalue weighted by Crippen LogP contribution is -2.67. The molecular formula is C18H20O8. The zero-order valence-corrected chi connectivity index (χ0v) is 14.5. The maximum Gasteiger partial charge on any atom is 0.312 e. The Morgan fingerprint density at radius 2 is 2.04 bits per heavy atom. The van der Waals surface area contributed by atoms with E-state index in [4.69, 9.17) is 28.4 Å². The molecule has 8 nitrogen and oxygen atoms in total. The first-order chi connectivity index (χ1) is 12.5. The van der Waals surface area contributed by atoms with E-state index in [1.807, 2.05) is 30.3 Å². The maximum absolute atomic E-state index is 11.9. The molecule has 3 heterocycles. The third kappa shape index (κ3) is 2.88. The van der Waals surface area contributed by atoms with Gasteiger partial charge in [-0.15, -0.1) is 0 Å². The third-order valence-electron chi connectivity index (χ3n) is 4.83. The van der Waals surface area contributed by atoms with Crippen molar-refractivity contribution in [2.75, 3.05) is 13.7 Å². The SMILES string of the molecule is CO[C@@]12CC(=O)O[C@@H]1[C@@H](OC(C)=O)[C@@H]1O[C@H](c3ccccc3)OC[C@H]1O2. The van der Waals surface area contributed by atoms with Gasteiger partial charge >= 0.3 is 11.9 Å². The van der Waals surface area contributed by atoms with Gasteiger partial charge < -0.3 is 28.4 Å². The Bertz CT molecular complexity index is 692. The monoisotopic (exact) mass is 364 g/mol. The first kappa shape index (κ1) is 17.4. The molecule has 26 heavy (non-hydrogen) atoms. The molecule has 140 valence electrons. The molecule has 1 aromatic carbocycles. The fraction of sp³-hybridized carbons (Fsp3) is 0.556. The van der Waals surface area contributed by atoms with Crippen LogP contribution in [0.1, 0.15) is 25.2 Å². The van der Waals surface area contributed by atoms with Gasteiger partial charge in [-0.2, -0.15) is 0 Å². The van der Waals surface area contributed by atoms with Gasteiger partial charge in [0.05, 0.1) is 6.61 Å². The summed E-state index contributed by atoms with van der Waals surface area (Å²) in [7, 11) is 1.43. The molecule has 3 saturated heterocycles. The van der Waals surface area contributed by atoms with Crippen molar-refractivity contribution < 1.29 is 38.0 Å². The summed E-state index contributed by atoms with van der Waals surface area (Å²) < 4.78 is 34.2. The van der Waals surface area contributed by atoms with Crippen molar-refractivity contribution in [3.63, 3.8) is 0 Å². The molecule has 0 saturated carbocycles. The first-order valence-corrected chi connectivity index (χ1v) is 8.44. The molecule has 0 radical (unpaired) electrons. The van der Waals surface area contributed by atoms with E-state index in [0.29, 0.717) is 0 Å². The number of methoxy groups -OCH3 is 1. The van der Waals surface area contributed by atoms with E-state index < -0.39 is 48.4 Å². The van der Waals surface area contributed by atoms with E-state index in [2.05, 4.69) is 0 Å². The van der Waals surface area contributed by atoms with Crippen molar-refractivity contribution in [2.24, 2.45) is 0 Å². The van der Waals surface area contributed by atoms with Crippen molar-refractivity contribution >= 4 is 11.9 Å². The smallest absolute Gasteiger partial charge is 0.312 e. The second-order valence-electron chi connectivity index (χ2n) is 6.51. The highest BCUT2D eigenvalue weighted by Gasteiger charge is 2.65. The minimum absolute atomic E-state index is 0.0860. The lowest BCUT2D eigenvalue weighted by Gasteiger charge is -2.50. The number of benzene rings is 1. The number of hydrogen-bond acceptors (Lipinski definition) is 8. The van der Waals surface area contributed by atoms with E-state index in [1.165, 1.54) is 14.0 Å². The quantitative estimate of drug-likeness (QED) is 0.737. The average Bonchev–Trinajstić information content (AvgIpc) is 2.98. The Morgan fingerprint density at radius 3 is 2.73 bits per heavy atom. The summed E-state index contributed by atoms with van der Waals surface area (Å²) in [5, 5.41) is 0. The van der Waals surface area contributed by atoms with Crippen molar-refractivity contribution in [3.8, 4) is 0 Å². The van der Waals surface area contributed by atoms with E-state index in [1.54, 1.807) is 0 Å². The van der Waals surface area contributed by atoms with Gasteiger partial charge in [-0.3, -0.25) is 9.59 Å². The molecule has 0 amide bonds. The predicted octanol–water partition coefficient (Wildman–Crippen LogP) is 1.09. The Hall–Kier alpha value is -2.00. The molecule has 3 aliphatic rings. The number of rotatable bonds is 3. The van der Waals surface area contributed by atoms with Crippen LogP contribution in [-0.2, 0) is 38.0 Å². The fourth-order valence-corrected chi connectivity index (χ4v) is 3.71. The Balaban J connectivity index is 1.64. The summed E-state index contributed by atoms with van der Waals surface area (Å²) in [4.78, 5) is 23.6. The fourth-order valence-electron chi connectivity index (χ4n) is 3.71. The Labute approximate surface area is 150 Å². The molecule has 0 N–H and O–H groups in total. The largest absolute Gasteiger partial charge is 0.455 e. The van der Waals surface area contributed by atoms with Gasteiger partial charge in [0, 0.05) is 19.6 Å². The molecule has 0 bridgehead atoms. The summed E-state index contributed by atoms with van der Waals surface area (Å²) >= 11 is 0. The Kier molecular flexibility index (Phi) is 4.44. The van der Waals surface area contributed by atoms with Crippen molar-refractivity contribution in [2.45, 2.75) is 49.8 Å². The Morgan fingerprint density at radius 1 is 1.27 bits per heavy atom. The van der Waals surface area contributed by atoms with Gasteiger partial charge in [0.25, 0.3) is 0 Å². The van der Waals surface area contributed by atoms with Crippen LogP contribution in [0.4, 0.5) is 0 Å². The molecule has 0 spiro atoms. The minimum Gasteiger partial charge on any atom is -0.455 e. The summed E-state index contributed by atoms with van der Waals surface area (Å²) in [6.45, 7) is 1.50. The number of esters is 2. The van der Waals surface area contributed by atoms with Crippen LogP contribution in [0.2, 0.25) is 0 Å². The van der Waals surface area contributed by atoms with Crippen LogP contribution >= 0.6 is 0 Å². The van der Waals surface area contributed by atoms with Crippen molar-refractivity contribution in [1.29, 1.82) is 0 Å². The van der Waals surface area contributed by atoms with Gasteiger partial charge in [0.2, 0.25) is 5.79 Å². The van der Waals surface area contributed by atoms with Crippen LogP contribution in [0.3, 0.4) is 0 Å². The molecule has 3 aliphatic heterocycles. The minimum atomic E-state index is -1.31. The molecule has 0 aromatic heterocycles. The molecule has 4 rings (SSSR count). The molecular weight excluding hydrogens is 344 g/mol. The highest BCUT2D eigenvalue weighted by molar-refractivity contribution is 5.74. The highest BCUT2D eigenvalue weighted by atomic mass is 16.8. The topological polar surface area (TPSA) is 89.5 Å². The second kappa shape index (κ2) is 6.62. The first-order valence-electron chi connectivity index (χ1n) is 8.44. The van der Waals surface area contributed by atoms with Crippen LogP contribution in [0, 0.1) is 0 Å². The molecule has 0 aliphatic carbocycles. The number of carbonyl (C=O) groups is 2. The van der Waals surface area contributed by atoms with Crippen LogP contribution in [0.15, 0.2) is 30.3 Å². The standard InChI is InChI=1S/C18H20O8/c1-10(19)23-15-14-12(26-18(21-2)8-13(20)24-16(15)18)9-22-17(25-14)11-6-4-3-5-7-11/h3-7,12,14-17H,8-9H2,1-2H3/t12-,14-,15+,16-,17-,18-/m1/s1. The lowest BCUT2D eigenvalue weighted by atomic mass is 9.91. The van der Waals surface area contributed by atoms with E-state index in [-0.39, 0.29) is 13.0 Å². The zero-order chi connectivity index (χ0) is 18.3. The molecule has 8 heteroatoms. The van der Waals surface area contributed by atoms with E-state index in [0.717, 1.165) is 5.56 Å². The van der Waals surface area contributed by atoms with Crippen LogP contribution in [0.25, 0.3) is 0 Å². The number of carbonyl (C=O) groups excluding carboxylic acids is 2. The molecule has 1 aromatic rings. The van der Waals surface area contributed by atoms with Crippen LogP contribution in [-0.4, -0.2) is 55.9 Å². The van der Waals surface area contributed by atoms with Gasteiger partial charge in [0.1, 0.15) is 18.6 Å². The average molecular weight is 364 g/mol. The summed E-state index contributed by atoms with van der Waals surface area (Å²) in [5.41, 5.74) is 0.833. The summed E-state index contributed by atoms with van der Waals surface area (Å²) in [6, 6.07) is 9.41. The van der Waals surface area contributed by atoms with E-state index >= 15 is 0 Å².